The van der Waals surface area contributed by atoms with Crippen molar-refractivity contribution < 1.29 is 13.2 Å². The molecule has 1 aliphatic rings. The zero-order chi connectivity index (χ0) is 13.2. The Kier molecular flexibility index (Phi) is 3.67. The smallest absolute Gasteiger partial charge is 0.304 e. The second kappa shape index (κ2) is 5.07. The van der Waals surface area contributed by atoms with E-state index in [1.54, 1.807) is 0 Å². The van der Waals surface area contributed by atoms with Crippen molar-refractivity contribution in [2.75, 3.05) is 38.7 Å². The summed E-state index contributed by atoms with van der Waals surface area (Å²) >= 11 is 0. The Hall–Kier alpha value is -1.41. The summed E-state index contributed by atoms with van der Waals surface area (Å²) in [7, 11) is 2.02. The number of nitrogens with one attached hydrogen (secondary N) is 1. The van der Waals surface area contributed by atoms with Gasteiger partial charge in [-0.1, -0.05) is 0 Å². The number of rotatable bonds is 2. The van der Waals surface area contributed by atoms with Gasteiger partial charge in [0, 0.05) is 26.2 Å². The lowest BCUT2D eigenvalue weighted by Gasteiger charge is -2.32. The molecule has 0 aliphatic carbocycles. The zero-order valence-electron chi connectivity index (χ0n) is 9.91. The second-order valence-electron chi connectivity index (χ2n) is 4.20. The Bertz CT molecular complexity index is 383. The highest BCUT2D eigenvalue weighted by Gasteiger charge is 2.32. The molecule has 1 N–H and O–H groups in total. The molecule has 1 fully saturated rings. The molecule has 1 aliphatic heterocycles. The van der Waals surface area contributed by atoms with Crippen LogP contribution < -0.4 is 5.43 Å². The van der Waals surface area contributed by atoms with Crippen LogP contribution in [0.25, 0.3) is 0 Å². The average Bonchev–Trinajstić information content (AvgIpc) is 2.32. The molecule has 0 atom stereocenters. The number of anilines is 1. The summed E-state index contributed by atoms with van der Waals surface area (Å²) in [5.74, 6) is 0.326. The van der Waals surface area contributed by atoms with Crippen LogP contribution in [0.2, 0.25) is 0 Å². The van der Waals surface area contributed by atoms with Gasteiger partial charge in [-0.2, -0.15) is 13.2 Å². The van der Waals surface area contributed by atoms with Crippen molar-refractivity contribution in [3.63, 3.8) is 0 Å². The summed E-state index contributed by atoms with van der Waals surface area (Å²) in [4.78, 5) is 2.18. The first-order chi connectivity index (χ1) is 8.45. The van der Waals surface area contributed by atoms with Crippen LogP contribution in [0, 0.1) is 0 Å². The van der Waals surface area contributed by atoms with Crippen molar-refractivity contribution in [2.45, 2.75) is 6.18 Å². The highest BCUT2D eigenvalue weighted by molar-refractivity contribution is 5.32. The Balaban J connectivity index is 1.94. The van der Waals surface area contributed by atoms with E-state index in [9.17, 15) is 13.2 Å². The highest BCUT2D eigenvalue weighted by atomic mass is 19.4. The summed E-state index contributed by atoms with van der Waals surface area (Å²) < 4.78 is 36.8. The molecule has 1 saturated heterocycles. The van der Waals surface area contributed by atoms with Crippen molar-refractivity contribution in [2.24, 2.45) is 0 Å². The molecule has 0 bridgehead atoms. The topological polar surface area (TPSA) is 44.3 Å². The molecule has 0 amide bonds. The van der Waals surface area contributed by atoms with Crippen molar-refractivity contribution >= 4 is 5.82 Å². The van der Waals surface area contributed by atoms with Gasteiger partial charge in [0.1, 0.15) is 0 Å². The second-order valence-corrected chi connectivity index (χ2v) is 4.20. The van der Waals surface area contributed by atoms with Crippen LogP contribution in [0.1, 0.15) is 5.69 Å². The number of likely N-dealkylation sites (N-methyl/N-ethyl adjacent to an activating group) is 1. The maximum Gasteiger partial charge on any atom is 0.435 e. The number of hydrazine groups is 1. The highest BCUT2D eigenvalue weighted by Crippen LogP contribution is 2.27. The van der Waals surface area contributed by atoms with Crippen LogP contribution in [0.4, 0.5) is 19.0 Å². The van der Waals surface area contributed by atoms with E-state index in [0.717, 1.165) is 32.2 Å². The normalized spacial score (nSPS) is 18.9. The van der Waals surface area contributed by atoms with Gasteiger partial charge in [-0.15, -0.1) is 10.2 Å². The van der Waals surface area contributed by atoms with Crippen molar-refractivity contribution in [1.29, 1.82) is 0 Å². The molecule has 8 heteroatoms. The number of halogens is 3. The summed E-state index contributed by atoms with van der Waals surface area (Å²) in [6.45, 7) is 3.39. The fourth-order valence-corrected chi connectivity index (χ4v) is 1.62. The molecule has 1 aromatic heterocycles. The predicted molar refractivity (Wildman–Crippen MR) is 59.7 cm³/mol. The lowest BCUT2D eigenvalue weighted by molar-refractivity contribution is -0.141. The van der Waals surface area contributed by atoms with E-state index in [-0.39, 0.29) is 0 Å². The molecule has 0 radical (unpaired) electrons. The van der Waals surface area contributed by atoms with Gasteiger partial charge in [-0.25, -0.2) is 5.01 Å². The summed E-state index contributed by atoms with van der Waals surface area (Å²) in [6, 6.07) is 2.21. The van der Waals surface area contributed by atoms with Gasteiger partial charge in [-0.05, 0) is 19.2 Å². The molecule has 1 aromatic rings. The zero-order valence-corrected chi connectivity index (χ0v) is 9.91. The molecule has 100 valence electrons. The molecule has 5 nitrogen and oxygen atoms in total. The maximum absolute atomic E-state index is 12.3. The number of hydrogen-bond donors (Lipinski definition) is 1. The minimum absolute atomic E-state index is 0.326. The standard InChI is InChI=1S/C10H14F3N5/c1-17-4-6-18(7-5-17)16-9-3-2-8(14-15-9)10(11,12)13/h2-3H,4-7H2,1H3,(H,15,16). The van der Waals surface area contributed by atoms with Crippen LogP contribution in [-0.4, -0.2) is 53.3 Å². The van der Waals surface area contributed by atoms with Gasteiger partial charge in [0.15, 0.2) is 11.5 Å². The van der Waals surface area contributed by atoms with Gasteiger partial charge in [0.05, 0.1) is 0 Å². The van der Waals surface area contributed by atoms with Crippen LogP contribution in [-0.2, 0) is 6.18 Å². The van der Waals surface area contributed by atoms with E-state index in [0.29, 0.717) is 5.82 Å². The van der Waals surface area contributed by atoms with E-state index < -0.39 is 11.9 Å². The Morgan fingerprint density at radius 3 is 2.28 bits per heavy atom. The summed E-state index contributed by atoms with van der Waals surface area (Å²) in [6.07, 6.45) is -4.45. The first kappa shape index (κ1) is 13.0. The third-order valence-corrected chi connectivity index (χ3v) is 2.73. The SMILES string of the molecule is CN1CCN(Nc2ccc(C(F)(F)F)nn2)CC1. The van der Waals surface area contributed by atoms with Gasteiger partial charge in [0.25, 0.3) is 0 Å². The van der Waals surface area contributed by atoms with Crippen molar-refractivity contribution in [3.8, 4) is 0 Å². The Labute approximate surface area is 103 Å². The number of alkyl halides is 3. The number of aromatic nitrogens is 2. The van der Waals surface area contributed by atoms with Gasteiger partial charge in [0.2, 0.25) is 0 Å². The van der Waals surface area contributed by atoms with E-state index >= 15 is 0 Å². The fourth-order valence-electron chi connectivity index (χ4n) is 1.62. The molecule has 0 unspecified atom stereocenters. The minimum Gasteiger partial charge on any atom is -0.304 e. The molecule has 0 saturated carbocycles. The van der Waals surface area contributed by atoms with Crippen molar-refractivity contribution in [3.05, 3.63) is 17.8 Å². The largest absolute Gasteiger partial charge is 0.435 e. The van der Waals surface area contributed by atoms with Gasteiger partial charge >= 0.3 is 6.18 Å². The average molecular weight is 261 g/mol. The predicted octanol–water partition coefficient (Wildman–Crippen LogP) is 1.07. The summed E-state index contributed by atoms with van der Waals surface area (Å²) in [5, 5.41) is 8.59. The third-order valence-electron chi connectivity index (χ3n) is 2.73. The fraction of sp³-hybridized carbons (Fsp3) is 0.600. The minimum atomic E-state index is -4.45. The van der Waals surface area contributed by atoms with E-state index in [1.807, 2.05) is 12.1 Å². The van der Waals surface area contributed by atoms with E-state index in [2.05, 4.69) is 20.5 Å². The van der Waals surface area contributed by atoms with Crippen LogP contribution in [0.15, 0.2) is 12.1 Å². The Morgan fingerprint density at radius 2 is 1.78 bits per heavy atom. The van der Waals surface area contributed by atoms with Crippen LogP contribution in [0.3, 0.4) is 0 Å². The number of hydrogen-bond acceptors (Lipinski definition) is 5. The van der Waals surface area contributed by atoms with E-state index in [4.69, 9.17) is 0 Å². The maximum atomic E-state index is 12.3. The molecule has 2 heterocycles. The molecule has 2 rings (SSSR count). The van der Waals surface area contributed by atoms with Crippen LogP contribution in [0.5, 0.6) is 0 Å². The quantitative estimate of drug-likeness (QED) is 0.862. The van der Waals surface area contributed by atoms with Crippen molar-refractivity contribution in [1.82, 2.24) is 20.1 Å². The molecule has 0 spiro atoms. The first-order valence-corrected chi connectivity index (χ1v) is 5.56. The molecular formula is C10H14F3N5. The lowest BCUT2D eigenvalue weighted by atomic mass is 10.3. The monoisotopic (exact) mass is 261 g/mol. The third kappa shape index (κ3) is 3.30. The summed E-state index contributed by atoms with van der Waals surface area (Å²) in [5.41, 5.74) is 1.97. The van der Waals surface area contributed by atoms with Crippen LogP contribution >= 0.6 is 0 Å². The molecular weight excluding hydrogens is 247 g/mol. The van der Waals surface area contributed by atoms with Gasteiger partial charge < -0.3 is 10.3 Å². The molecule has 0 aromatic carbocycles. The van der Waals surface area contributed by atoms with Gasteiger partial charge in [-0.3, -0.25) is 0 Å². The number of nitrogens with zero attached hydrogens (tertiary/aromatic N) is 4. The lowest BCUT2D eigenvalue weighted by Crippen LogP contribution is -2.47. The number of piperazine rings is 1. The Morgan fingerprint density at radius 1 is 1.11 bits per heavy atom. The van der Waals surface area contributed by atoms with E-state index in [1.165, 1.54) is 6.07 Å². The molecule has 18 heavy (non-hydrogen) atoms. The first-order valence-electron chi connectivity index (χ1n) is 5.56.